The van der Waals surface area contributed by atoms with Crippen LogP contribution >= 0.6 is 0 Å². The van der Waals surface area contributed by atoms with Gasteiger partial charge < -0.3 is 20.1 Å². The van der Waals surface area contributed by atoms with Crippen LogP contribution in [0.1, 0.15) is 40.1 Å². The molecule has 10 nitrogen and oxygen atoms in total. The second kappa shape index (κ2) is 12.2. The molecule has 2 heterocycles. The number of nitrogens with one attached hydrogen (secondary N) is 1. The largest absolute Gasteiger partial charge is 0.488 e. The Kier molecular flexibility index (Phi) is 8.87. The van der Waals surface area contributed by atoms with Gasteiger partial charge in [-0.25, -0.2) is 8.42 Å². The minimum Gasteiger partial charge on any atom is -0.488 e. The van der Waals surface area contributed by atoms with Crippen LogP contribution in [0.25, 0.3) is 0 Å². The van der Waals surface area contributed by atoms with E-state index >= 15 is 0 Å². The molecule has 0 aliphatic carbocycles. The highest BCUT2D eigenvalue weighted by molar-refractivity contribution is 7.89. The standard InChI is InChI=1S/C29H34N4O6S/c1-19-5-8-24(9-6-19)40(37,38)32(4)17-27-20(2)16-33(21(3)18-34)29(36)25-15-23(7-10-26(25)39-27)31-28(35)22-11-13-30-14-12-22/h5-15,20-21,27,34H,16-18H2,1-4H3,(H,31,35)/t20-,21+,27-/m0/s1. The molecule has 11 heteroatoms. The van der Waals surface area contributed by atoms with Gasteiger partial charge in [0.1, 0.15) is 11.9 Å². The van der Waals surface area contributed by atoms with E-state index in [4.69, 9.17) is 4.74 Å². The summed E-state index contributed by atoms with van der Waals surface area (Å²) >= 11 is 0. The van der Waals surface area contributed by atoms with Crippen LogP contribution in [-0.4, -0.2) is 78.4 Å². The van der Waals surface area contributed by atoms with E-state index < -0.39 is 22.2 Å². The Morgan fingerprint density at radius 2 is 1.85 bits per heavy atom. The molecule has 0 unspecified atom stereocenters. The fraction of sp³-hybridized carbons (Fsp3) is 0.345. The molecular weight excluding hydrogens is 532 g/mol. The van der Waals surface area contributed by atoms with Crippen molar-refractivity contribution in [2.45, 2.75) is 37.8 Å². The monoisotopic (exact) mass is 566 g/mol. The minimum atomic E-state index is -3.79. The lowest BCUT2D eigenvalue weighted by Gasteiger charge is -2.38. The van der Waals surface area contributed by atoms with Gasteiger partial charge in [-0.3, -0.25) is 14.6 Å². The van der Waals surface area contributed by atoms with Crippen molar-refractivity contribution < 1.29 is 27.9 Å². The zero-order valence-corrected chi connectivity index (χ0v) is 23.8. The van der Waals surface area contributed by atoms with E-state index in [0.717, 1.165) is 5.56 Å². The summed E-state index contributed by atoms with van der Waals surface area (Å²) in [5.41, 5.74) is 1.95. The zero-order chi connectivity index (χ0) is 29.0. The van der Waals surface area contributed by atoms with Gasteiger partial charge in [0.05, 0.1) is 29.7 Å². The first-order chi connectivity index (χ1) is 19.0. The maximum atomic E-state index is 13.7. The summed E-state index contributed by atoms with van der Waals surface area (Å²) in [4.78, 5) is 32.0. The smallest absolute Gasteiger partial charge is 0.258 e. The molecular formula is C29H34N4O6S. The Balaban J connectivity index is 1.65. The normalized spacial score (nSPS) is 18.4. The number of carbonyl (C=O) groups is 2. The van der Waals surface area contributed by atoms with Crippen LogP contribution in [0.4, 0.5) is 5.69 Å². The summed E-state index contributed by atoms with van der Waals surface area (Å²) in [7, 11) is -2.29. The molecule has 0 bridgehead atoms. The molecule has 1 aliphatic rings. The lowest BCUT2D eigenvalue weighted by molar-refractivity contribution is 0.0387. The predicted octanol–water partition coefficient (Wildman–Crippen LogP) is 3.18. The van der Waals surface area contributed by atoms with Crippen LogP contribution < -0.4 is 10.1 Å². The van der Waals surface area contributed by atoms with Gasteiger partial charge in [0, 0.05) is 43.2 Å². The van der Waals surface area contributed by atoms with E-state index in [0.29, 0.717) is 11.3 Å². The Hall–Kier alpha value is -3.80. The fourth-order valence-electron chi connectivity index (χ4n) is 4.47. The van der Waals surface area contributed by atoms with Crippen molar-refractivity contribution in [3.05, 3.63) is 83.7 Å². The van der Waals surface area contributed by atoms with Crippen molar-refractivity contribution in [2.24, 2.45) is 5.92 Å². The Bertz CT molecular complexity index is 1460. The third kappa shape index (κ3) is 6.33. The number of amides is 2. The van der Waals surface area contributed by atoms with Crippen molar-refractivity contribution >= 4 is 27.5 Å². The summed E-state index contributed by atoms with van der Waals surface area (Å²) in [6.45, 7) is 5.53. The van der Waals surface area contributed by atoms with Gasteiger partial charge in [-0.05, 0) is 56.3 Å². The number of benzene rings is 2. The highest BCUT2D eigenvalue weighted by atomic mass is 32.2. The summed E-state index contributed by atoms with van der Waals surface area (Å²) < 4.78 is 34.1. The first-order valence-electron chi connectivity index (χ1n) is 13.0. The number of hydrogen-bond acceptors (Lipinski definition) is 7. The van der Waals surface area contributed by atoms with Crippen molar-refractivity contribution in [1.29, 1.82) is 0 Å². The second-order valence-corrected chi connectivity index (χ2v) is 12.2. The van der Waals surface area contributed by atoms with E-state index in [2.05, 4.69) is 10.3 Å². The molecule has 212 valence electrons. The van der Waals surface area contributed by atoms with Gasteiger partial charge >= 0.3 is 0 Å². The molecule has 3 atom stereocenters. The number of nitrogens with zero attached hydrogens (tertiary/aromatic N) is 3. The molecule has 0 radical (unpaired) electrons. The quantitative estimate of drug-likeness (QED) is 0.428. The van der Waals surface area contributed by atoms with Crippen molar-refractivity contribution in [2.75, 3.05) is 32.1 Å². The number of rotatable bonds is 8. The minimum absolute atomic E-state index is 0.0346. The third-order valence-corrected chi connectivity index (χ3v) is 8.87. The van der Waals surface area contributed by atoms with Gasteiger partial charge in [-0.15, -0.1) is 0 Å². The number of pyridine rings is 1. The number of fused-ring (bicyclic) bond motifs is 1. The molecule has 0 spiro atoms. The lowest BCUT2D eigenvalue weighted by atomic mass is 9.99. The van der Waals surface area contributed by atoms with Crippen LogP contribution in [0.2, 0.25) is 0 Å². The third-order valence-electron chi connectivity index (χ3n) is 7.03. The zero-order valence-electron chi connectivity index (χ0n) is 22.9. The van der Waals surface area contributed by atoms with Crippen LogP contribution in [-0.2, 0) is 10.0 Å². The molecule has 2 aromatic carbocycles. The number of ether oxygens (including phenoxy) is 1. The number of likely N-dealkylation sites (N-methyl/N-ethyl adjacent to an activating group) is 1. The molecule has 2 amide bonds. The van der Waals surface area contributed by atoms with Gasteiger partial charge in [-0.1, -0.05) is 24.6 Å². The number of carbonyl (C=O) groups excluding carboxylic acids is 2. The van der Waals surface area contributed by atoms with E-state index in [1.165, 1.54) is 29.8 Å². The molecule has 0 saturated carbocycles. The summed E-state index contributed by atoms with van der Waals surface area (Å²) in [6.07, 6.45) is 2.42. The first kappa shape index (κ1) is 29.2. The molecule has 0 saturated heterocycles. The second-order valence-electron chi connectivity index (χ2n) is 10.1. The molecule has 3 aromatic rings. The molecule has 1 aliphatic heterocycles. The Labute approximate surface area is 234 Å². The van der Waals surface area contributed by atoms with E-state index in [1.54, 1.807) is 60.4 Å². The molecule has 1 aromatic heterocycles. The molecule has 0 fully saturated rings. The summed E-state index contributed by atoms with van der Waals surface area (Å²) in [5, 5.41) is 12.7. The number of hydrogen-bond donors (Lipinski definition) is 2. The highest BCUT2D eigenvalue weighted by Gasteiger charge is 2.35. The number of aromatic nitrogens is 1. The lowest BCUT2D eigenvalue weighted by Crippen LogP contribution is -2.50. The van der Waals surface area contributed by atoms with Crippen LogP contribution in [0, 0.1) is 12.8 Å². The number of anilines is 1. The average molecular weight is 567 g/mol. The Morgan fingerprint density at radius 1 is 1.18 bits per heavy atom. The molecule has 2 N–H and O–H groups in total. The Morgan fingerprint density at radius 3 is 2.50 bits per heavy atom. The topological polar surface area (TPSA) is 129 Å². The molecule has 40 heavy (non-hydrogen) atoms. The molecule has 4 rings (SSSR count). The van der Waals surface area contributed by atoms with Gasteiger partial charge in [0.25, 0.3) is 11.8 Å². The van der Waals surface area contributed by atoms with Crippen molar-refractivity contribution in [3.8, 4) is 5.75 Å². The number of aliphatic hydroxyl groups excluding tert-OH is 1. The number of sulfonamides is 1. The van der Waals surface area contributed by atoms with E-state index in [-0.39, 0.29) is 53.6 Å². The average Bonchev–Trinajstić information content (AvgIpc) is 2.95. The summed E-state index contributed by atoms with van der Waals surface area (Å²) in [5.74, 6) is -0.730. The number of aryl methyl sites for hydroxylation is 1. The van der Waals surface area contributed by atoms with Gasteiger partial charge in [-0.2, -0.15) is 4.31 Å². The first-order valence-corrected chi connectivity index (χ1v) is 14.4. The maximum Gasteiger partial charge on any atom is 0.258 e. The predicted molar refractivity (Wildman–Crippen MR) is 151 cm³/mol. The van der Waals surface area contributed by atoms with Crippen molar-refractivity contribution in [3.63, 3.8) is 0 Å². The van der Waals surface area contributed by atoms with E-state index in [1.807, 2.05) is 13.8 Å². The fourth-order valence-corrected chi connectivity index (χ4v) is 5.65. The van der Waals surface area contributed by atoms with E-state index in [9.17, 15) is 23.1 Å². The highest BCUT2D eigenvalue weighted by Crippen LogP contribution is 2.31. The van der Waals surface area contributed by atoms with Gasteiger partial charge in [0.15, 0.2) is 0 Å². The maximum absolute atomic E-state index is 13.7. The van der Waals surface area contributed by atoms with Crippen LogP contribution in [0.5, 0.6) is 5.75 Å². The van der Waals surface area contributed by atoms with Crippen LogP contribution in [0.15, 0.2) is 71.9 Å². The number of aliphatic hydroxyl groups is 1. The van der Waals surface area contributed by atoms with Gasteiger partial charge in [0.2, 0.25) is 10.0 Å². The summed E-state index contributed by atoms with van der Waals surface area (Å²) in [6, 6.07) is 14.1. The van der Waals surface area contributed by atoms with Crippen molar-refractivity contribution in [1.82, 2.24) is 14.2 Å². The SMILES string of the molecule is Cc1ccc(S(=O)(=O)N(C)C[C@@H]2Oc3ccc(NC(=O)c4ccncc4)cc3C(=O)N([C@H](C)CO)C[C@@H]2C)cc1. The van der Waals surface area contributed by atoms with Crippen LogP contribution in [0.3, 0.4) is 0 Å².